The Bertz CT molecular complexity index is 748. The van der Waals surface area contributed by atoms with Crippen LogP contribution in [0.3, 0.4) is 0 Å². The van der Waals surface area contributed by atoms with Gasteiger partial charge in [0.2, 0.25) is 0 Å². The number of thiocarbonyl (C=S) groups is 1. The lowest BCUT2D eigenvalue weighted by Gasteiger charge is -2.43. The number of carbonyl (C=O) groups is 2. The fourth-order valence-corrected chi connectivity index (χ4v) is 5.61. The number of rotatable bonds is 9. The first-order valence-corrected chi connectivity index (χ1v) is 12.6. The Balaban J connectivity index is 2.43. The van der Waals surface area contributed by atoms with Crippen LogP contribution in [-0.2, 0) is 9.53 Å². The van der Waals surface area contributed by atoms with Gasteiger partial charge in [0.05, 0.1) is 24.5 Å². The van der Waals surface area contributed by atoms with E-state index in [1.54, 1.807) is 6.92 Å². The van der Waals surface area contributed by atoms with E-state index in [1.807, 2.05) is 4.90 Å². The van der Waals surface area contributed by atoms with Crippen molar-refractivity contribution in [3.05, 3.63) is 0 Å². The van der Waals surface area contributed by atoms with Gasteiger partial charge in [0, 0.05) is 24.4 Å². The smallest absolute Gasteiger partial charge is 0.407 e. The largest absolute Gasteiger partial charge is 0.450 e. The number of hydrogen-bond acceptors (Lipinski definition) is 6. The molecule has 2 fully saturated rings. The predicted molar refractivity (Wildman–Crippen MR) is 135 cm³/mol. The van der Waals surface area contributed by atoms with Crippen LogP contribution in [0.25, 0.3) is 0 Å². The molecule has 0 spiro atoms. The molecule has 0 radical (unpaired) electrons. The summed E-state index contributed by atoms with van der Waals surface area (Å²) in [5.74, 6) is 0.0896. The number of nitrogens with zero attached hydrogens (tertiary/aromatic N) is 1. The third-order valence-corrected chi connectivity index (χ3v) is 8.54. The molecule has 1 amide bonds. The van der Waals surface area contributed by atoms with E-state index in [4.69, 9.17) is 33.8 Å². The van der Waals surface area contributed by atoms with Crippen molar-refractivity contribution in [1.29, 1.82) is 5.41 Å². The van der Waals surface area contributed by atoms with Crippen molar-refractivity contribution >= 4 is 34.9 Å². The van der Waals surface area contributed by atoms with Crippen LogP contribution in [0.15, 0.2) is 0 Å². The Labute approximate surface area is 204 Å². The Kier molecular flexibility index (Phi) is 9.27. The van der Waals surface area contributed by atoms with Crippen molar-refractivity contribution < 1.29 is 14.3 Å². The highest BCUT2D eigenvalue weighted by atomic mass is 32.1. The summed E-state index contributed by atoms with van der Waals surface area (Å²) in [7, 11) is 0. The van der Waals surface area contributed by atoms with Gasteiger partial charge in [-0.15, -0.1) is 0 Å². The molecule has 9 heteroatoms. The van der Waals surface area contributed by atoms with E-state index in [2.05, 4.69) is 33.0 Å². The standard InChI is InChI=1S/C24H43N5O3S/c1-6-32-22(31)28-18(23(4,5)15(2)3)21(33)29-13-16(20(26)27)12-17(29)19(30)24(14-25)10-8-7-9-11-24/h15-18H,6-14,25H2,1-5H3,(H3,26,27)(H,28,31)/t16-,17+,18-/m0/s1. The van der Waals surface area contributed by atoms with E-state index < -0.39 is 29.0 Å². The molecule has 0 bridgehead atoms. The van der Waals surface area contributed by atoms with Crippen LogP contribution in [0.2, 0.25) is 0 Å². The number of ether oxygens (including phenoxy) is 1. The molecule has 1 aliphatic carbocycles. The quantitative estimate of drug-likeness (QED) is 0.226. The lowest BCUT2D eigenvalue weighted by molar-refractivity contribution is -0.133. The van der Waals surface area contributed by atoms with Gasteiger partial charge in [0.25, 0.3) is 0 Å². The van der Waals surface area contributed by atoms with Crippen molar-refractivity contribution in [3.63, 3.8) is 0 Å². The Morgan fingerprint density at radius 2 is 1.88 bits per heavy atom. The first-order chi connectivity index (χ1) is 15.4. The van der Waals surface area contributed by atoms with Crippen LogP contribution in [0.4, 0.5) is 4.79 Å². The summed E-state index contributed by atoms with van der Waals surface area (Å²) in [5, 5.41) is 11.0. The third kappa shape index (κ3) is 5.85. The molecule has 1 saturated heterocycles. The SMILES string of the molecule is CCOC(=O)N[C@@H](C(=S)N1C[C@@H](C(=N)N)C[C@@H]1C(=O)C1(CN)CCCCC1)C(C)(C)C(C)C. The van der Waals surface area contributed by atoms with E-state index in [1.165, 1.54) is 0 Å². The van der Waals surface area contributed by atoms with E-state index in [-0.39, 0.29) is 30.1 Å². The van der Waals surface area contributed by atoms with Gasteiger partial charge < -0.3 is 26.4 Å². The molecule has 3 atom stereocenters. The summed E-state index contributed by atoms with van der Waals surface area (Å²) in [6.07, 6.45) is 4.58. The monoisotopic (exact) mass is 481 g/mol. The lowest BCUT2D eigenvalue weighted by atomic mass is 9.68. The molecule has 1 aliphatic heterocycles. The fraction of sp³-hybridized carbons (Fsp3) is 0.833. The van der Waals surface area contributed by atoms with Gasteiger partial charge in [-0.05, 0) is 37.5 Å². The summed E-state index contributed by atoms with van der Waals surface area (Å²) in [4.78, 5) is 28.8. The van der Waals surface area contributed by atoms with Crippen LogP contribution in [0, 0.1) is 28.1 Å². The Morgan fingerprint density at radius 3 is 2.36 bits per heavy atom. The van der Waals surface area contributed by atoms with Crippen LogP contribution in [0.1, 0.15) is 73.1 Å². The second-order valence-electron chi connectivity index (χ2n) is 10.6. The van der Waals surface area contributed by atoms with Crippen molar-refractivity contribution in [1.82, 2.24) is 10.2 Å². The van der Waals surface area contributed by atoms with Crippen LogP contribution >= 0.6 is 12.2 Å². The van der Waals surface area contributed by atoms with E-state index in [0.717, 1.165) is 32.1 Å². The maximum absolute atomic E-state index is 14.0. The molecule has 0 aromatic rings. The van der Waals surface area contributed by atoms with Gasteiger partial charge in [0.15, 0.2) is 5.78 Å². The number of hydrogen-bond donors (Lipinski definition) is 4. The second-order valence-corrected chi connectivity index (χ2v) is 11.0. The number of carbonyl (C=O) groups excluding carboxylic acids is 2. The first-order valence-electron chi connectivity index (χ1n) is 12.2. The minimum absolute atomic E-state index is 0.0570. The molecule has 188 valence electrons. The minimum Gasteiger partial charge on any atom is -0.450 e. The predicted octanol–water partition coefficient (Wildman–Crippen LogP) is 3.22. The molecule has 2 aliphatic rings. The molecule has 33 heavy (non-hydrogen) atoms. The van der Waals surface area contributed by atoms with Gasteiger partial charge in [-0.2, -0.15) is 0 Å². The Morgan fingerprint density at radius 1 is 1.27 bits per heavy atom. The molecular formula is C24H43N5O3S. The topological polar surface area (TPSA) is 135 Å². The van der Waals surface area contributed by atoms with Crippen LogP contribution < -0.4 is 16.8 Å². The van der Waals surface area contributed by atoms with Crippen LogP contribution in [-0.4, -0.2) is 59.4 Å². The number of ketones is 1. The number of nitrogens with two attached hydrogens (primary N) is 2. The summed E-state index contributed by atoms with van der Waals surface area (Å²) in [5.41, 5.74) is 11.1. The zero-order chi connectivity index (χ0) is 25.0. The molecule has 0 unspecified atom stereocenters. The van der Waals surface area contributed by atoms with E-state index in [9.17, 15) is 9.59 Å². The number of alkyl carbamates (subject to hydrolysis) is 1. The van der Waals surface area contributed by atoms with Crippen LogP contribution in [0.5, 0.6) is 0 Å². The molecule has 0 aromatic carbocycles. The lowest BCUT2D eigenvalue weighted by Crippen LogP contribution is -2.59. The maximum Gasteiger partial charge on any atom is 0.407 e. The van der Waals surface area contributed by atoms with Gasteiger partial charge in [0.1, 0.15) is 4.99 Å². The molecule has 1 saturated carbocycles. The number of nitrogens with one attached hydrogen (secondary N) is 2. The molecule has 2 rings (SSSR count). The minimum atomic E-state index is -0.555. The number of likely N-dealkylation sites (tertiary alicyclic amines) is 1. The third-order valence-electron chi connectivity index (χ3n) is 8.07. The number of amidine groups is 1. The van der Waals surface area contributed by atoms with Crippen molar-refractivity contribution in [2.45, 2.75) is 85.2 Å². The highest BCUT2D eigenvalue weighted by Gasteiger charge is 2.50. The molecule has 8 nitrogen and oxygen atoms in total. The average Bonchev–Trinajstić information content (AvgIpc) is 3.22. The van der Waals surface area contributed by atoms with Crippen molar-refractivity contribution in [2.75, 3.05) is 19.7 Å². The van der Waals surface area contributed by atoms with Crippen molar-refractivity contribution in [2.24, 2.45) is 34.1 Å². The van der Waals surface area contributed by atoms with E-state index >= 15 is 0 Å². The molecule has 0 aromatic heterocycles. The first kappa shape index (κ1) is 27.5. The maximum atomic E-state index is 14.0. The van der Waals surface area contributed by atoms with Crippen molar-refractivity contribution in [3.8, 4) is 0 Å². The van der Waals surface area contributed by atoms with Gasteiger partial charge in [-0.1, -0.05) is 59.2 Å². The summed E-state index contributed by atoms with van der Waals surface area (Å²) in [6, 6.07) is -1.02. The molecule has 6 N–H and O–H groups in total. The van der Waals surface area contributed by atoms with Gasteiger partial charge in [-0.3, -0.25) is 10.2 Å². The normalized spacial score (nSPS) is 23.8. The van der Waals surface area contributed by atoms with Gasteiger partial charge >= 0.3 is 6.09 Å². The summed E-state index contributed by atoms with van der Waals surface area (Å²) < 4.78 is 5.16. The molecule has 1 heterocycles. The summed E-state index contributed by atoms with van der Waals surface area (Å²) >= 11 is 5.98. The second kappa shape index (κ2) is 11.1. The zero-order valence-corrected chi connectivity index (χ0v) is 21.7. The number of Topliss-reactive ketones (excluding diaryl/α,β-unsaturated/α-hetero) is 1. The van der Waals surface area contributed by atoms with E-state index in [0.29, 0.717) is 24.5 Å². The Hall–Kier alpha value is -1.74. The number of amides is 1. The zero-order valence-electron chi connectivity index (χ0n) is 20.9. The summed E-state index contributed by atoms with van der Waals surface area (Å²) in [6.45, 7) is 11.0. The highest BCUT2D eigenvalue weighted by molar-refractivity contribution is 7.80. The fourth-order valence-electron chi connectivity index (χ4n) is 5.04. The molecular weight excluding hydrogens is 438 g/mol. The average molecular weight is 482 g/mol. The van der Waals surface area contributed by atoms with Gasteiger partial charge in [-0.25, -0.2) is 4.79 Å². The highest BCUT2D eigenvalue weighted by Crippen LogP contribution is 2.41.